The molecule has 3 nitrogen and oxygen atoms in total. The number of hydrogen-bond donors (Lipinski definition) is 1. The smallest absolute Gasteiger partial charge is 0.195 e. The van der Waals surface area contributed by atoms with Crippen LogP contribution in [0.2, 0.25) is 0 Å². The van der Waals surface area contributed by atoms with Gasteiger partial charge in [-0.3, -0.25) is 0 Å². The summed E-state index contributed by atoms with van der Waals surface area (Å²) < 4.78 is 5.54. The monoisotopic (exact) mass is 176 g/mol. The van der Waals surface area contributed by atoms with E-state index in [1.807, 2.05) is 26.0 Å². The Kier molecular flexibility index (Phi) is 1.72. The van der Waals surface area contributed by atoms with Crippen molar-refractivity contribution in [3.05, 3.63) is 23.6 Å². The molecule has 0 aliphatic carbocycles. The lowest BCUT2D eigenvalue weighted by atomic mass is 10.2. The molecule has 0 atom stereocenters. The van der Waals surface area contributed by atoms with Gasteiger partial charge in [-0.05, 0) is 24.6 Å². The molecule has 2 rings (SSSR count). The molecule has 3 heteroatoms. The predicted molar refractivity (Wildman–Crippen MR) is 52.5 cm³/mol. The van der Waals surface area contributed by atoms with Crippen molar-refractivity contribution in [1.29, 1.82) is 0 Å². The maximum atomic E-state index is 5.69. The van der Waals surface area contributed by atoms with Crippen LogP contribution in [0.25, 0.3) is 11.1 Å². The fourth-order valence-electron chi connectivity index (χ4n) is 1.42. The highest BCUT2D eigenvalue weighted by Gasteiger charge is 2.06. The maximum Gasteiger partial charge on any atom is 0.195 e. The predicted octanol–water partition coefficient (Wildman–Crippen LogP) is 2.28. The van der Waals surface area contributed by atoms with Gasteiger partial charge in [0.05, 0.1) is 0 Å². The summed E-state index contributed by atoms with van der Waals surface area (Å²) in [6.45, 7) is 3.99. The van der Waals surface area contributed by atoms with Crippen molar-refractivity contribution in [2.24, 2.45) is 0 Å². The van der Waals surface area contributed by atoms with E-state index in [1.165, 1.54) is 0 Å². The normalized spacial score (nSPS) is 10.9. The first-order valence-electron chi connectivity index (χ1n) is 4.36. The van der Waals surface area contributed by atoms with Crippen LogP contribution in [0.4, 0.5) is 5.69 Å². The van der Waals surface area contributed by atoms with Gasteiger partial charge >= 0.3 is 0 Å². The summed E-state index contributed by atoms with van der Waals surface area (Å²) in [6, 6.07) is 3.73. The van der Waals surface area contributed by atoms with Crippen molar-refractivity contribution in [2.45, 2.75) is 20.3 Å². The molecule has 0 fully saturated rings. The first-order chi connectivity index (χ1) is 6.20. The number of nitrogens with two attached hydrogens (primary N) is 1. The van der Waals surface area contributed by atoms with Crippen LogP contribution in [0.1, 0.15) is 18.4 Å². The summed E-state index contributed by atoms with van der Waals surface area (Å²) in [7, 11) is 0. The zero-order valence-electron chi connectivity index (χ0n) is 7.79. The fourth-order valence-corrected chi connectivity index (χ4v) is 1.42. The van der Waals surface area contributed by atoms with E-state index in [0.29, 0.717) is 0 Å². The second-order valence-electron chi connectivity index (χ2n) is 3.15. The molecule has 2 aromatic rings. The number of oxazole rings is 1. The number of nitrogens with zero attached hydrogens (tertiary/aromatic N) is 1. The second kappa shape index (κ2) is 2.76. The van der Waals surface area contributed by atoms with Crippen molar-refractivity contribution >= 4 is 16.8 Å². The Bertz CT molecular complexity index is 445. The van der Waals surface area contributed by atoms with Gasteiger partial charge in [-0.15, -0.1) is 0 Å². The van der Waals surface area contributed by atoms with E-state index in [4.69, 9.17) is 10.2 Å². The fraction of sp³-hybridized carbons (Fsp3) is 0.300. The lowest BCUT2D eigenvalue weighted by molar-refractivity contribution is 0.536. The van der Waals surface area contributed by atoms with Crippen molar-refractivity contribution in [3.8, 4) is 0 Å². The van der Waals surface area contributed by atoms with Crippen molar-refractivity contribution in [1.82, 2.24) is 4.98 Å². The highest BCUT2D eigenvalue weighted by atomic mass is 16.3. The van der Waals surface area contributed by atoms with Crippen LogP contribution < -0.4 is 5.73 Å². The van der Waals surface area contributed by atoms with E-state index >= 15 is 0 Å². The van der Waals surface area contributed by atoms with Gasteiger partial charge in [0.25, 0.3) is 0 Å². The Labute approximate surface area is 76.6 Å². The lowest BCUT2D eigenvalue weighted by Gasteiger charge is -1.95. The minimum absolute atomic E-state index is 0.737. The third-order valence-corrected chi connectivity index (χ3v) is 2.04. The first kappa shape index (κ1) is 8.10. The molecule has 68 valence electrons. The molecule has 1 aromatic heterocycles. The van der Waals surface area contributed by atoms with E-state index in [9.17, 15) is 0 Å². The first-order valence-corrected chi connectivity index (χ1v) is 4.36. The Morgan fingerprint density at radius 3 is 2.92 bits per heavy atom. The Hall–Kier alpha value is -1.51. The molecule has 0 bridgehead atoms. The SMILES string of the molecule is CCc1nc2cc(N)cc(C)c2o1. The zero-order valence-corrected chi connectivity index (χ0v) is 7.79. The molecule has 0 saturated carbocycles. The van der Waals surface area contributed by atoms with E-state index in [2.05, 4.69) is 4.98 Å². The van der Waals surface area contributed by atoms with Crippen LogP contribution in [0.15, 0.2) is 16.5 Å². The number of hydrogen-bond acceptors (Lipinski definition) is 3. The number of anilines is 1. The van der Waals surface area contributed by atoms with Crippen molar-refractivity contribution in [3.63, 3.8) is 0 Å². The number of benzene rings is 1. The number of nitrogen functional groups attached to an aromatic ring is 1. The van der Waals surface area contributed by atoms with Crippen LogP contribution in [-0.4, -0.2) is 4.98 Å². The van der Waals surface area contributed by atoms with E-state index < -0.39 is 0 Å². The Morgan fingerprint density at radius 2 is 2.23 bits per heavy atom. The number of aromatic nitrogens is 1. The summed E-state index contributed by atoms with van der Waals surface area (Å²) in [5, 5.41) is 0. The molecular formula is C10H12N2O. The van der Waals surface area contributed by atoms with Gasteiger partial charge in [0, 0.05) is 12.1 Å². The van der Waals surface area contributed by atoms with Crippen LogP contribution >= 0.6 is 0 Å². The van der Waals surface area contributed by atoms with Gasteiger partial charge in [0.15, 0.2) is 11.5 Å². The zero-order chi connectivity index (χ0) is 9.42. The van der Waals surface area contributed by atoms with E-state index in [1.54, 1.807) is 0 Å². The second-order valence-corrected chi connectivity index (χ2v) is 3.15. The molecule has 0 radical (unpaired) electrons. The minimum atomic E-state index is 0.737. The van der Waals surface area contributed by atoms with Gasteiger partial charge < -0.3 is 10.2 Å². The molecule has 0 spiro atoms. The molecule has 2 N–H and O–H groups in total. The van der Waals surface area contributed by atoms with Crippen LogP contribution in [0, 0.1) is 6.92 Å². The van der Waals surface area contributed by atoms with Gasteiger partial charge in [-0.2, -0.15) is 0 Å². The van der Waals surface area contributed by atoms with E-state index in [-0.39, 0.29) is 0 Å². The maximum absolute atomic E-state index is 5.69. The molecule has 0 saturated heterocycles. The molecule has 1 heterocycles. The lowest BCUT2D eigenvalue weighted by Crippen LogP contribution is -1.85. The van der Waals surface area contributed by atoms with E-state index in [0.717, 1.165) is 34.7 Å². The van der Waals surface area contributed by atoms with Crippen LogP contribution in [0.3, 0.4) is 0 Å². The third kappa shape index (κ3) is 1.26. The molecular weight excluding hydrogens is 164 g/mol. The summed E-state index contributed by atoms with van der Waals surface area (Å²) >= 11 is 0. The molecule has 1 aromatic carbocycles. The number of rotatable bonds is 1. The molecule has 0 aliphatic rings. The van der Waals surface area contributed by atoms with Crippen molar-refractivity contribution < 1.29 is 4.42 Å². The Morgan fingerprint density at radius 1 is 1.46 bits per heavy atom. The highest BCUT2D eigenvalue weighted by molar-refractivity contribution is 5.80. The standard InChI is InChI=1S/C10H12N2O/c1-3-9-12-8-5-7(11)4-6(2)10(8)13-9/h4-5H,3,11H2,1-2H3. The van der Waals surface area contributed by atoms with Gasteiger partial charge in [-0.1, -0.05) is 6.92 Å². The number of aryl methyl sites for hydroxylation is 2. The molecule has 13 heavy (non-hydrogen) atoms. The Balaban J connectivity index is 2.75. The summed E-state index contributed by atoms with van der Waals surface area (Å²) in [6.07, 6.45) is 0.814. The number of fused-ring (bicyclic) bond motifs is 1. The molecule has 0 aliphatic heterocycles. The van der Waals surface area contributed by atoms with Crippen LogP contribution in [0.5, 0.6) is 0 Å². The third-order valence-electron chi connectivity index (χ3n) is 2.04. The van der Waals surface area contributed by atoms with Crippen LogP contribution in [-0.2, 0) is 6.42 Å². The van der Waals surface area contributed by atoms with Gasteiger partial charge in [0.1, 0.15) is 5.52 Å². The quantitative estimate of drug-likeness (QED) is 0.678. The highest BCUT2D eigenvalue weighted by Crippen LogP contribution is 2.22. The molecule has 0 amide bonds. The summed E-state index contributed by atoms with van der Waals surface area (Å²) in [4.78, 5) is 4.31. The topological polar surface area (TPSA) is 52.0 Å². The van der Waals surface area contributed by atoms with Crippen molar-refractivity contribution in [2.75, 3.05) is 5.73 Å². The van der Waals surface area contributed by atoms with Gasteiger partial charge in [0.2, 0.25) is 0 Å². The summed E-state index contributed by atoms with van der Waals surface area (Å²) in [5.41, 5.74) is 9.18. The minimum Gasteiger partial charge on any atom is -0.440 e. The average molecular weight is 176 g/mol. The summed E-state index contributed by atoms with van der Waals surface area (Å²) in [5.74, 6) is 0.767. The van der Waals surface area contributed by atoms with Gasteiger partial charge in [-0.25, -0.2) is 4.98 Å². The largest absolute Gasteiger partial charge is 0.440 e. The average Bonchev–Trinajstić information content (AvgIpc) is 2.47. The molecule has 0 unspecified atom stereocenters.